The van der Waals surface area contributed by atoms with Gasteiger partial charge in [0.25, 0.3) is 0 Å². The molecule has 3 atom stereocenters. The maximum Gasteiger partial charge on any atom is 0.0610 e. The summed E-state index contributed by atoms with van der Waals surface area (Å²) < 4.78 is 0. The molecule has 0 heterocycles. The molecular weight excluding hydrogens is 260 g/mol. The highest BCUT2D eigenvalue weighted by Crippen LogP contribution is 2.27. The van der Waals surface area contributed by atoms with Gasteiger partial charge >= 0.3 is 0 Å². The van der Waals surface area contributed by atoms with Crippen LogP contribution in [0.1, 0.15) is 72.6 Å². The first-order valence-electron chi connectivity index (χ1n) is 8.97. The topological polar surface area (TPSA) is 35.5 Å². The molecule has 0 aromatic rings. The molecule has 3 heteroatoms. The zero-order valence-electron chi connectivity index (χ0n) is 15.0. The highest BCUT2D eigenvalue weighted by Gasteiger charge is 2.25. The summed E-state index contributed by atoms with van der Waals surface area (Å²) in [5.74, 6) is 0.856. The van der Waals surface area contributed by atoms with E-state index in [4.69, 9.17) is 0 Å². The number of hydrogen-bond donors (Lipinski definition) is 2. The first kappa shape index (κ1) is 18.9. The molecule has 3 nitrogen and oxygen atoms in total. The average molecular weight is 299 g/mol. The van der Waals surface area contributed by atoms with Crippen molar-refractivity contribution < 1.29 is 5.11 Å². The molecule has 1 fully saturated rings. The Morgan fingerprint density at radius 3 is 2.48 bits per heavy atom. The summed E-state index contributed by atoms with van der Waals surface area (Å²) in [4.78, 5) is 2.58. The Balaban J connectivity index is 2.26. The molecule has 1 saturated carbocycles. The molecule has 0 saturated heterocycles. The van der Waals surface area contributed by atoms with E-state index < -0.39 is 0 Å². The van der Waals surface area contributed by atoms with Gasteiger partial charge in [0.2, 0.25) is 0 Å². The average Bonchev–Trinajstić information content (AvgIpc) is 2.43. The van der Waals surface area contributed by atoms with Crippen LogP contribution >= 0.6 is 0 Å². The number of rotatable bonds is 9. The molecule has 0 aromatic heterocycles. The van der Waals surface area contributed by atoms with Gasteiger partial charge < -0.3 is 15.3 Å². The molecular formula is C18H38N2O. The Labute approximate surface area is 132 Å². The van der Waals surface area contributed by atoms with Gasteiger partial charge in [-0.3, -0.25) is 0 Å². The van der Waals surface area contributed by atoms with Crippen LogP contribution in [0, 0.1) is 5.92 Å². The van der Waals surface area contributed by atoms with Gasteiger partial charge in [0.1, 0.15) is 0 Å². The van der Waals surface area contributed by atoms with E-state index in [1.54, 1.807) is 0 Å². The Kier molecular flexibility index (Phi) is 8.22. The third kappa shape index (κ3) is 6.66. The van der Waals surface area contributed by atoms with Crippen LogP contribution in [0.3, 0.4) is 0 Å². The summed E-state index contributed by atoms with van der Waals surface area (Å²) in [6.45, 7) is 10.3. The van der Waals surface area contributed by atoms with Crippen LogP contribution in [0.2, 0.25) is 0 Å². The number of aliphatic hydroxyl groups excluding tert-OH is 1. The van der Waals surface area contributed by atoms with Crippen molar-refractivity contribution in [1.82, 2.24) is 10.2 Å². The van der Waals surface area contributed by atoms with Crippen molar-refractivity contribution in [2.45, 2.75) is 90.3 Å². The molecule has 0 amide bonds. The minimum Gasteiger partial charge on any atom is -0.394 e. The fourth-order valence-electron chi connectivity index (χ4n) is 3.89. The number of hydrogen-bond acceptors (Lipinski definition) is 3. The first-order chi connectivity index (χ1) is 9.88. The lowest BCUT2D eigenvalue weighted by molar-refractivity contribution is 0.130. The van der Waals surface area contributed by atoms with E-state index in [1.807, 2.05) is 0 Å². The monoisotopic (exact) mass is 298 g/mol. The van der Waals surface area contributed by atoms with Crippen molar-refractivity contribution in [2.75, 3.05) is 20.2 Å². The summed E-state index contributed by atoms with van der Waals surface area (Å²) in [5.41, 5.74) is -0.120. The van der Waals surface area contributed by atoms with E-state index in [-0.39, 0.29) is 12.1 Å². The largest absolute Gasteiger partial charge is 0.394 e. The highest BCUT2D eigenvalue weighted by molar-refractivity contribution is 4.84. The van der Waals surface area contributed by atoms with E-state index in [0.717, 1.165) is 18.4 Å². The second-order valence-corrected chi connectivity index (χ2v) is 7.78. The predicted molar refractivity (Wildman–Crippen MR) is 91.7 cm³/mol. The van der Waals surface area contributed by atoms with Crippen LogP contribution in [0.4, 0.5) is 0 Å². The Morgan fingerprint density at radius 1 is 1.24 bits per heavy atom. The van der Waals surface area contributed by atoms with Crippen molar-refractivity contribution in [3.63, 3.8) is 0 Å². The van der Waals surface area contributed by atoms with Crippen LogP contribution < -0.4 is 5.32 Å². The number of unbranched alkanes of at least 4 members (excludes halogenated alkanes) is 1. The van der Waals surface area contributed by atoms with Crippen LogP contribution in [-0.2, 0) is 0 Å². The Bertz CT molecular complexity index is 282. The fourth-order valence-corrected chi connectivity index (χ4v) is 3.89. The summed E-state index contributed by atoms with van der Waals surface area (Å²) in [6.07, 6.45) is 9.06. The third-order valence-corrected chi connectivity index (χ3v) is 5.11. The smallest absolute Gasteiger partial charge is 0.0610 e. The lowest BCUT2D eigenvalue weighted by Crippen LogP contribution is -2.49. The zero-order chi connectivity index (χ0) is 15.9. The normalized spacial score (nSPS) is 26.3. The summed E-state index contributed by atoms with van der Waals surface area (Å²) >= 11 is 0. The minimum atomic E-state index is -0.120. The Hall–Kier alpha value is -0.120. The van der Waals surface area contributed by atoms with Crippen LogP contribution in [-0.4, -0.2) is 47.8 Å². The second-order valence-electron chi connectivity index (χ2n) is 7.78. The molecule has 2 N–H and O–H groups in total. The number of aliphatic hydroxyl groups is 1. The lowest BCUT2D eigenvalue weighted by atomic mass is 9.85. The summed E-state index contributed by atoms with van der Waals surface area (Å²) in [5, 5.41) is 13.1. The molecule has 0 aliphatic heterocycles. The van der Waals surface area contributed by atoms with Gasteiger partial charge in [-0.2, -0.15) is 0 Å². The van der Waals surface area contributed by atoms with Gasteiger partial charge in [0.15, 0.2) is 0 Å². The van der Waals surface area contributed by atoms with Gasteiger partial charge in [-0.25, -0.2) is 0 Å². The summed E-state index contributed by atoms with van der Waals surface area (Å²) in [7, 11) is 2.30. The quantitative estimate of drug-likeness (QED) is 0.640. The van der Waals surface area contributed by atoms with Gasteiger partial charge in [-0.1, -0.05) is 40.0 Å². The minimum absolute atomic E-state index is 0.120. The maximum atomic E-state index is 9.61. The van der Waals surface area contributed by atoms with Gasteiger partial charge in [0, 0.05) is 17.6 Å². The van der Waals surface area contributed by atoms with Crippen molar-refractivity contribution in [1.29, 1.82) is 0 Å². The SMILES string of the molecule is CC(C)NC(C)(CO)CCCCN(C)C1CCCCC1C. The Morgan fingerprint density at radius 2 is 1.90 bits per heavy atom. The van der Waals surface area contributed by atoms with Crippen molar-refractivity contribution in [3.05, 3.63) is 0 Å². The van der Waals surface area contributed by atoms with Gasteiger partial charge in [0.05, 0.1) is 6.61 Å². The number of nitrogens with zero attached hydrogens (tertiary/aromatic N) is 1. The maximum absolute atomic E-state index is 9.61. The van der Waals surface area contributed by atoms with Crippen LogP contribution in [0.25, 0.3) is 0 Å². The van der Waals surface area contributed by atoms with Crippen molar-refractivity contribution >= 4 is 0 Å². The van der Waals surface area contributed by atoms with E-state index in [9.17, 15) is 5.11 Å². The van der Waals surface area contributed by atoms with Crippen LogP contribution in [0.15, 0.2) is 0 Å². The molecule has 1 aliphatic carbocycles. The van der Waals surface area contributed by atoms with Crippen molar-refractivity contribution in [3.8, 4) is 0 Å². The van der Waals surface area contributed by atoms with Crippen molar-refractivity contribution in [2.24, 2.45) is 5.92 Å². The zero-order valence-corrected chi connectivity index (χ0v) is 15.0. The fraction of sp³-hybridized carbons (Fsp3) is 1.00. The van der Waals surface area contributed by atoms with E-state index in [2.05, 4.69) is 45.0 Å². The molecule has 126 valence electrons. The standard InChI is InChI=1S/C18H38N2O/c1-15(2)19-18(4,14-21)12-8-9-13-20(5)17-11-7-6-10-16(17)3/h15-17,19,21H,6-14H2,1-5H3. The van der Waals surface area contributed by atoms with E-state index in [1.165, 1.54) is 45.1 Å². The highest BCUT2D eigenvalue weighted by atomic mass is 16.3. The molecule has 0 radical (unpaired) electrons. The second kappa shape index (κ2) is 9.12. The molecule has 3 unspecified atom stereocenters. The summed E-state index contributed by atoms with van der Waals surface area (Å²) in [6, 6.07) is 1.21. The molecule has 0 aromatic carbocycles. The lowest BCUT2D eigenvalue weighted by Gasteiger charge is -2.36. The number of nitrogens with one attached hydrogen (secondary N) is 1. The molecule has 1 aliphatic rings. The van der Waals surface area contributed by atoms with E-state index >= 15 is 0 Å². The molecule has 0 bridgehead atoms. The molecule has 1 rings (SSSR count). The molecule has 21 heavy (non-hydrogen) atoms. The first-order valence-corrected chi connectivity index (χ1v) is 8.97. The molecule has 0 spiro atoms. The van der Waals surface area contributed by atoms with Gasteiger partial charge in [-0.05, 0) is 52.1 Å². The van der Waals surface area contributed by atoms with Gasteiger partial charge in [-0.15, -0.1) is 0 Å². The van der Waals surface area contributed by atoms with Crippen LogP contribution in [0.5, 0.6) is 0 Å². The predicted octanol–water partition coefficient (Wildman–Crippen LogP) is 3.42. The van der Waals surface area contributed by atoms with E-state index in [0.29, 0.717) is 6.04 Å². The third-order valence-electron chi connectivity index (χ3n) is 5.11.